The second kappa shape index (κ2) is 12.8. The smallest absolute Gasteiger partial charge is 0.357 e. The van der Waals surface area contributed by atoms with Gasteiger partial charge in [0.1, 0.15) is 5.69 Å². The Labute approximate surface area is 216 Å². The second-order valence-electron chi connectivity index (χ2n) is 8.40. The van der Waals surface area contributed by atoms with Crippen molar-refractivity contribution in [2.24, 2.45) is 0 Å². The van der Waals surface area contributed by atoms with Crippen LogP contribution < -0.4 is 10.0 Å². The number of hydrogen-bond acceptors (Lipinski definition) is 7. The van der Waals surface area contributed by atoms with E-state index in [1.165, 1.54) is 24.3 Å². The van der Waals surface area contributed by atoms with Gasteiger partial charge < -0.3 is 10.1 Å². The molecule has 0 saturated carbocycles. The fourth-order valence-electron chi connectivity index (χ4n) is 3.24. The molecule has 0 aliphatic carbocycles. The van der Waals surface area contributed by atoms with E-state index >= 15 is 0 Å². The number of carbonyl (C=O) groups excluding carboxylic acids is 3. The van der Waals surface area contributed by atoms with Crippen molar-refractivity contribution < 1.29 is 27.5 Å². The van der Waals surface area contributed by atoms with E-state index in [-0.39, 0.29) is 34.6 Å². The van der Waals surface area contributed by atoms with E-state index in [0.29, 0.717) is 19.4 Å². The number of carbonyl (C=O) groups is 3. The van der Waals surface area contributed by atoms with Gasteiger partial charge in [-0.3, -0.25) is 9.59 Å². The number of ether oxygens (including phenoxy) is 1. The molecule has 37 heavy (non-hydrogen) atoms. The first-order valence-corrected chi connectivity index (χ1v) is 13.3. The SMILES string of the molecule is CC[C@@H](C)OC(=O)c1ccc(C(=O)NS(=O)(=O)c2ccc(CCNC(=O)Cc3ccccc3)cc2)cn1. The number of rotatable bonds is 11. The highest BCUT2D eigenvalue weighted by Crippen LogP contribution is 2.12. The molecule has 1 aromatic heterocycles. The average molecular weight is 524 g/mol. The van der Waals surface area contributed by atoms with Gasteiger partial charge in [0, 0.05) is 12.7 Å². The summed E-state index contributed by atoms with van der Waals surface area (Å²) >= 11 is 0. The quantitative estimate of drug-likeness (QED) is 0.369. The van der Waals surface area contributed by atoms with E-state index in [4.69, 9.17) is 4.74 Å². The van der Waals surface area contributed by atoms with Crippen LogP contribution in [0, 0.1) is 0 Å². The zero-order chi connectivity index (χ0) is 26.8. The standard InChI is InChI=1S/C27H29N3O6S/c1-3-19(2)36-27(33)24-14-11-22(18-29-24)26(32)30-37(34,35)23-12-9-20(10-13-23)15-16-28-25(31)17-21-7-5-4-6-8-21/h4-14,18-19H,3,15-17H2,1-2H3,(H,28,31)(H,30,32)/t19-/m1/s1. The summed E-state index contributed by atoms with van der Waals surface area (Å²) in [5, 5.41) is 2.84. The fourth-order valence-corrected chi connectivity index (χ4v) is 4.21. The van der Waals surface area contributed by atoms with E-state index in [9.17, 15) is 22.8 Å². The van der Waals surface area contributed by atoms with Crippen LogP contribution in [0.15, 0.2) is 77.8 Å². The summed E-state index contributed by atoms with van der Waals surface area (Å²) < 4.78 is 32.5. The molecule has 194 valence electrons. The number of nitrogens with one attached hydrogen (secondary N) is 2. The molecule has 0 aliphatic heterocycles. The molecule has 1 atom stereocenters. The Morgan fingerprint density at radius 3 is 2.27 bits per heavy atom. The maximum Gasteiger partial charge on any atom is 0.357 e. The molecule has 9 nitrogen and oxygen atoms in total. The van der Waals surface area contributed by atoms with Crippen molar-refractivity contribution >= 4 is 27.8 Å². The van der Waals surface area contributed by atoms with Crippen LogP contribution in [0.5, 0.6) is 0 Å². The van der Waals surface area contributed by atoms with Crippen LogP contribution in [0.1, 0.15) is 52.2 Å². The number of nitrogens with zero attached hydrogens (tertiary/aromatic N) is 1. The van der Waals surface area contributed by atoms with Crippen molar-refractivity contribution in [2.75, 3.05) is 6.54 Å². The van der Waals surface area contributed by atoms with Crippen LogP contribution >= 0.6 is 0 Å². The van der Waals surface area contributed by atoms with Gasteiger partial charge in [-0.15, -0.1) is 0 Å². The van der Waals surface area contributed by atoms with E-state index in [1.807, 2.05) is 42.0 Å². The van der Waals surface area contributed by atoms with E-state index in [0.717, 1.165) is 17.3 Å². The maximum absolute atomic E-state index is 12.7. The molecule has 2 amide bonds. The summed E-state index contributed by atoms with van der Waals surface area (Å²) in [6.07, 6.45) is 2.30. The molecule has 0 aliphatic rings. The molecule has 0 spiro atoms. The number of sulfonamides is 1. The number of pyridine rings is 1. The maximum atomic E-state index is 12.7. The number of aromatic nitrogens is 1. The summed E-state index contributed by atoms with van der Waals surface area (Å²) in [6, 6.07) is 18.1. The van der Waals surface area contributed by atoms with Gasteiger partial charge in [-0.2, -0.15) is 0 Å². The summed E-state index contributed by atoms with van der Waals surface area (Å²) in [4.78, 5) is 40.3. The van der Waals surface area contributed by atoms with Crippen LogP contribution in [-0.2, 0) is 32.4 Å². The monoisotopic (exact) mass is 523 g/mol. The Hall–Kier alpha value is -4.05. The predicted molar refractivity (Wildman–Crippen MR) is 137 cm³/mol. The summed E-state index contributed by atoms with van der Waals surface area (Å²) in [5.74, 6) is -1.59. The molecular formula is C27H29N3O6S. The molecule has 3 rings (SSSR count). The normalized spacial score (nSPS) is 11.8. The van der Waals surface area contributed by atoms with E-state index < -0.39 is 21.9 Å². The Balaban J connectivity index is 1.52. The topological polar surface area (TPSA) is 132 Å². The highest BCUT2D eigenvalue weighted by atomic mass is 32.2. The van der Waals surface area contributed by atoms with Gasteiger partial charge in [-0.1, -0.05) is 49.4 Å². The lowest BCUT2D eigenvalue weighted by molar-refractivity contribution is -0.120. The zero-order valence-electron chi connectivity index (χ0n) is 20.6. The zero-order valence-corrected chi connectivity index (χ0v) is 21.5. The molecule has 0 unspecified atom stereocenters. The Morgan fingerprint density at radius 1 is 0.946 bits per heavy atom. The minimum Gasteiger partial charge on any atom is -0.458 e. The van der Waals surface area contributed by atoms with Crippen LogP contribution in [0.4, 0.5) is 0 Å². The molecule has 1 heterocycles. The molecule has 0 saturated heterocycles. The molecule has 2 aromatic carbocycles. The van der Waals surface area contributed by atoms with Gasteiger partial charge in [0.25, 0.3) is 15.9 Å². The molecular weight excluding hydrogens is 494 g/mol. The molecule has 0 radical (unpaired) electrons. The van der Waals surface area contributed by atoms with Crippen LogP contribution in [-0.4, -0.2) is 43.8 Å². The molecule has 0 fully saturated rings. The van der Waals surface area contributed by atoms with Crippen LogP contribution in [0.25, 0.3) is 0 Å². The third-order valence-electron chi connectivity index (χ3n) is 5.52. The molecule has 10 heteroatoms. The number of esters is 1. The van der Waals surface area contributed by atoms with Crippen molar-refractivity contribution in [3.8, 4) is 0 Å². The summed E-state index contributed by atoms with van der Waals surface area (Å²) in [5.41, 5.74) is 1.75. The molecule has 2 N–H and O–H groups in total. The Morgan fingerprint density at radius 2 is 1.65 bits per heavy atom. The van der Waals surface area contributed by atoms with Gasteiger partial charge in [0.05, 0.1) is 23.0 Å². The molecule has 0 bridgehead atoms. The van der Waals surface area contributed by atoms with E-state index in [1.54, 1.807) is 19.1 Å². The third-order valence-corrected chi connectivity index (χ3v) is 6.87. The fraction of sp³-hybridized carbons (Fsp3) is 0.259. The lowest BCUT2D eigenvalue weighted by Gasteiger charge is -2.11. The van der Waals surface area contributed by atoms with Gasteiger partial charge in [-0.05, 0) is 55.2 Å². The van der Waals surface area contributed by atoms with Crippen molar-refractivity contribution in [3.63, 3.8) is 0 Å². The minimum atomic E-state index is -4.13. The number of amides is 2. The largest absolute Gasteiger partial charge is 0.458 e. The third kappa shape index (κ3) is 8.25. The summed E-state index contributed by atoms with van der Waals surface area (Å²) in [7, 11) is -4.13. The second-order valence-corrected chi connectivity index (χ2v) is 10.1. The van der Waals surface area contributed by atoms with Crippen molar-refractivity contribution in [2.45, 2.75) is 44.1 Å². The van der Waals surface area contributed by atoms with Gasteiger partial charge in [-0.25, -0.2) is 22.9 Å². The average Bonchev–Trinajstić information content (AvgIpc) is 2.89. The van der Waals surface area contributed by atoms with Crippen molar-refractivity contribution in [3.05, 3.63) is 95.3 Å². The van der Waals surface area contributed by atoms with Crippen LogP contribution in [0.2, 0.25) is 0 Å². The first kappa shape index (κ1) is 27.5. The lowest BCUT2D eigenvalue weighted by Crippen LogP contribution is -2.30. The predicted octanol–water partition coefficient (Wildman–Crippen LogP) is 3.06. The molecule has 3 aromatic rings. The van der Waals surface area contributed by atoms with Gasteiger partial charge in [0.15, 0.2) is 0 Å². The van der Waals surface area contributed by atoms with Crippen molar-refractivity contribution in [1.82, 2.24) is 15.0 Å². The number of benzene rings is 2. The van der Waals surface area contributed by atoms with Crippen molar-refractivity contribution in [1.29, 1.82) is 0 Å². The van der Waals surface area contributed by atoms with E-state index in [2.05, 4.69) is 10.3 Å². The van der Waals surface area contributed by atoms with Crippen LogP contribution in [0.3, 0.4) is 0 Å². The lowest BCUT2D eigenvalue weighted by atomic mass is 10.1. The first-order valence-electron chi connectivity index (χ1n) is 11.8. The minimum absolute atomic E-state index is 0.0200. The summed E-state index contributed by atoms with van der Waals surface area (Å²) in [6.45, 7) is 4.03. The Kier molecular flexibility index (Phi) is 9.51. The highest BCUT2D eigenvalue weighted by molar-refractivity contribution is 7.90. The first-order chi connectivity index (χ1) is 17.7. The Bertz CT molecular complexity index is 1320. The van der Waals surface area contributed by atoms with Gasteiger partial charge in [0.2, 0.25) is 5.91 Å². The highest BCUT2D eigenvalue weighted by Gasteiger charge is 2.20. The number of hydrogen-bond donors (Lipinski definition) is 2. The van der Waals surface area contributed by atoms with Gasteiger partial charge >= 0.3 is 5.97 Å².